The Hall–Kier alpha value is -2.29. The number of aryl methyl sites for hydroxylation is 1. The summed E-state index contributed by atoms with van der Waals surface area (Å²) < 4.78 is 168. The van der Waals surface area contributed by atoms with Gasteiger partial charge in [0, 0.05) is 6.20 Å². The molecule has 0 bridgehead atoms. The number of carbonyl (C=O) groups excluding carboxylic acids is 1. The maximum atomic E-state index is 13.5. The molecule has 1 aromatic rings. The van der Waals surface area contributed by atoms with E-state index in [1.54, 1.807) is 0 Å². The van der Waals surface area contributed by atoms with Gasteiger partial charge in [0.15, 0.2) is 0 Å². The Morgan fingerprint density at radius 2 is 1.21 bits per heavy atom. The van der Waals surface area contributed by atoms with E-state index in [-0.39, 0.29) is 0 Å². The average molecular weight is 454 g/mol. The number of nitrogens with zero attached hydrogens (tertiary/aromatic N) is 1. The number of carbonyl (C=O) groups is 1. The molecule has 0 saturated heterocycles. The molecular weight excluding hydrogens is 447 g/mol. The number of hydrogen-bond donors (Lipinski definition) is 1. The van der Waals surface area contributed by atoms with Gasteiger partial charge in [0.2, 0.25) is 0 Å². The van der Waals surface area contributed by atoms with Crippen LogP contribution in [0.4, 0.5) is 62.9 Å². The van der Waals surface area contributed by atoms with Crippen molar-refractivity contribution in [2.24, 2.45) is 0 Å². The van der Waals surface area contributed by atoms with Crippen molar-refractivity contribution in [3.8, 4) is 0 Å². The van der Waals surface area contributed by atoms with Crippen LogP contribution in [0.1, 0.15) is 5.56 Å². The lowest BCUT2D eigenvalue weighted by atomic mass is 9.93. The van der Waals surface area contributed by atoms with E-state index >= 15 is 0 Å². The summed E-state index contributed by atoms with van der Waals surface area (Å²) in [5.41, 5.74) is 0.334. The van der Waals surface area contributed by atoms with Crippen molar-refractivity contribution in [3.05, 3.63) is 23.9 Å². The second kappa shape index (κ2) is 6.90. The first-order chi connectivity index (χ1) is 12.6. The van der Waals surface area contributed by atoms with Crippen molar-refractivity contribution in [2.45, 2.75) is 42.7 Å². The molecule has 0 aromatic carbocycles. The molecule has 1 heterocycles. The van der Waals surface area contributed by atoms with Crippen molar-refractivity contribution >= 4 is 11.7 Å². The quantitative estimate of drug-likeness (QED) is 0.611. The van der Waals surface area contributed by atoms with Crippen LogP contribution in [0, 0.1) is 6.92 Å². The standard InChI is InChI=1S/C13H7F13N2O/c1-5-2-3-6(27-4-5)28-7(29)8(14,15)9(16,17)10(18,19)11(20,21)12(22,23)13(24,25)26/h2-4H,1H3,(H,27,28,29). The first kappa shape index (κ1) is 24.7. The number of anilines is 1. The zero-order valence-electron chi connectivity index (χ0n) is 13.5. The van der Waals surface area contributed by atoms with Crippen molar-refractivity contribution in [1.82, 2.24) is 4.98 Å². The lowest BCUT2D eigenvalue weighted by Crippen LogP contribution is -2.71. The molecule has 0 radical (unpaired) electrons. The monoisotopic (exact) mass is 454 g/mol. The van der Waals surface area contributed by atoms with Crippen LogP contribution in [0.3, 0.4) is 0 Å². The fraction of sp³-hybridized carbons (Fsp3) is 0.538. The number of halogens is 13. The van der Waals surface area contributed by atoms with Crippen LogP contribution in [0.15, 0.2) is 18.3 Å². The smallest absolute Gasteiger partial charge is 0.305 e. The van der Waals surface area contributed by atoms with Gasteiger partial charge in [-0.3, -0.25) is 4.79 Å². The second-order valence-corrected chi connectivity index (χ2v) is 5.54. The summed E-state index contributed by atoms with van der Waals surface area (Å²) in [6, 6.07) is 1.73. The van der Waals surface area contributed by atoms with Gasteiger partial charge >= 0.3 is 41.7 Å². The Bertz CT molecular complexity index is 755. The highest BCUT2D eigenvalue weighted by Crippen LogP contribution is 2.60. The van der Waals surface area contributed by atoms with E-state index in [4.69, 9.17) is 0 Å². The van der Waals surface area contributed by atoms with E-state index in [0.717, 1.165) is 17.6 Å². The minimum atomic E-state index is -8.06. The van der Waals surface area contributed by atoms with Crippen LogP contribution in [0.25, 0.3) is 0 Å². The van der Waals surface area contributed by atoms with Crippen molar-refractivity contribution in [1.29, 1.82) is 0 Å². The highest BCUT2D eigenvalue weighted by Gasteiger charge is 2.91. The highest BCUT2D eigenvalue weighted by atomic mass is 19.4. The second-order valence-electron chi connectivity index (χ2n) is 5.54. The molecule has 1 amide bonds. The topological polar surface area (TPSA) is 42.0 Å². The molecule has 0 aliphatic carbocycles. The van der Waals surface area contributed by atoms with Gasteiger partial charge in [-0.2, -0.15) is 57.1 Å². The molecule has 0 aliphatic heterocycles. The molecule has 1 aromatic heterocycles. The third-order valence-corrected chi connectivity index (χ3v) is 3.37. The number of nitrogens with one attached hydrogen (secondary N) is 1. The van der Waals surface area contributed by atoms with Gasteiger partial charge in [-0.15, -0.1) is 0 Å². The molecule has 3 nitrogen and oxygen atoms in total. The van der Waals surface area contributed by atoms with Crippen LogP contribution in [0.2, 0.25) is 0 Å². The first-order valence-electron chi connectivity index (χ1n) is 6.84. The molecule has 166 valence electrons. The minimum absolute atomic E-state index is 0.334. The molecular formula is C13H7F13N2O. The van der Waals surface area contributed by atoms with Gasteiger partial charge in [-0.1, -0.05) is 6.07 Å². The summed E-state index contributed by atoms with van der Waals surface area (Å²) in [5, 5.41) is 0.840. The lowest BCUT2D eigenvalue weighted by molar-refractivity contribution is -0.435. The van der Waals surface area contributed by atoms with E-state index < -0.39 is 47.5 Å². The van der Waals surface area contributed by atoms with Gasteiger partial charge in [-0.25, -0.2) is 4.98 Å². The Morgan fingerprint density at radius 3 is 1.59 bits per heavy atom. The van der Waals surface area contributed by atoms with Crippen LogP contribution < -0.4 is 5.32 Å². The average Bonchev–Trinajstić information content (AvgIpc) is 2.55. The number of hydrogen-bond acceptors (Lipinski definition) is 2. The summed E-state index contributed by atoms with van der Waals surface area (Å²) in [4.78, 5) is 14.4. The molecule has 0 fully saturated rings. The fourth-order valence-corrected chi connectivity index (χ4v) is 1.65. The normalized spacial score (nSPS) is 14.7. The summed E-state index contributed by atoms with van der Waals surface area (Å²) in [6.45, 7) is 1.38. The van der Waals surface area contributed by atoms with Crippen LogP contribution in [-0.4, -0.2) is 46.7 Å². The number of aromatic nitrogens is 1. The molecule has 16 heteroatoms. The molecule has 0 saturated carbocycles. The predicted molar refractivity (Wildman–Crippen MR) is 68.4 cm³/mol. The first-order valence-corrected chi connectivity index (χ1v) is 6.84. The minimum Gasteiger partial charge on any atom is -0.305 e. The summed E-state index contributed by atoms with van der Waals surface area (Å²) in [7, 11) is 0. The van der Waals surface area contributed by atoms with Gasteiger partial charge in [0.1, 0.15) is 5.82 Å². The largest absolute Gasteiger partial charge is 0.460 e. The zero-order valence-corrected chi connectivity index (χ0v) is 13.5. The molecule has 29 heavy (non-hydrogen) atoms. The number of amides is 1. The fourth-order valence-electron chi connectivity index (χ4n) is 1.65. The van der Waals surface area contributed by atoms with E-state index in [1.165, 1.54) is 6.92 Å². The third-order valence-electron chi connectivity index (χ3n) is 3.37. The van der Waals surface area contributed by atoms with E-state index in [2.05, 4.69) is 4.98 Å². The molecule has 0 spiro atoms. The van der Waals surface area contributed by atoms with Gasteiger partial charge in [-0.05, 0) is 18.6 Å². The van der Waals surface area contributed by atoms with Gasteiger partial charge in [0.25, 0.3) is 0 Å². The highest BCUT2D eigenvalue weighted by molar-refractivity contribution is 5.96. The van der Waals surface area contributed by atoms with Crippen LogP contribution in [-0.2, 0) is 4.79 Å². The maximum absolute atomic E-state index is 13.5. The van der Waals surface area contributed by atoms with E-state index in [1.807, 2.05) is 0 Å². The molecule has 0 atom stereocenters. The molecule has 0 unspecified atom stereocenters. The SMILES string of the molecule is Cc1ccc(NC(=O)C(F)(F)C(F)(F)C(F)(F)C(F)(F)C(F)(F)C(F)(F)F)nc1. The predicted octanol–water partition coefficient (Wildman–Crippen LogP) is 5.07. The molecule has 1 N–H and O–H groups in total. The Balaban J connectivity index is 3.37. The summed E-state index contributed by atoms with van der Waals surface area (Å²) >= 11 is 0. The Labute approximate surface area is 151 Å². The summed E-state index contributed by atoms with van der Waals surface area (Å²) in [5.74, 6) is -42.9. The van der Waals surface area contributed by atoms with Crippen LogP contribution >= 0.6 is 0 Å². The maximum Gasteiger partial charge on any atom is 0.460 e. The number of rotatable bonds is 6. The van der Waals surface area contributed by atoms with Crippen molar-refractivity contribution in [2.75, 3.05) is 5.32 Å². The lowest BCUT2D eigenvalue weighted by Gasteiger charge is -2.39. The van der Waals surface area contributed by atoms with E-state index in [0.29, 0.717) is 11.6 Å². The third kappa shape index (κ3) is 3.68. The number of alkyl halides is 13. The Kier molecular flexibility index (Phi) is 5.89. The molecule has 0 aliphatic rings. The van der Waals surface area contributed by atoms with Gasteiger partial charge in [0.05, 0.1) is 0 Å². The van der Waals surface area contributed by atoms with Gasteiger partial charge < -0.3 is 5.32 Å². The Morgan fingerprint density at radius 1 is 0.759 bits per heavy atom. The van der Waals surface area contributed by atoms with E-state index in [9.17, 15) is 61.9 Å². The zero-order chi connectivity index (χ0) is 23.3. The molecule has 1 rings (SSSR count). The van der Waals surface area contributed by atoms with Crippen molar-refractivity contribution in [3.63, 3.8) is 0 Å². The van der Waals surface area contributed by atoms with Crippen LogP contribution in [0.5, 0.6) is 0 Å². The number of pyridine rings is 1. The summed E-state index contributed by atoms with van der Waals surface area (Å²) in [6.07, 6.45) is -6.65. The van der Waals surface area contributed by atoms with Crippen molar-refractivity contribution < 1.29 is 61.9 Å².